The Balaban J connectivity index is 2.10. The molecule has 2 aromatic rings. The van der Waals surface area contributed by atoms with Crippen molar-refractivity contribution in [1.82, 2.24) is 9.97 Å². The van der Waals surface area contributed by atoms with Gasteiger partial charge in [-0.15, -0.1) is 0 Å². The van der Waals surface area contributed by atoms with Gasteiger partial charge in [0.05, 0.1) is 0 Å². The minimum absolute atomic E-state index is 0.420. The average Bonchev–Trinajstić information content (AvgIpc) is 2.37. The van der Waals surface area contributed by atoms with Crippen LogP contribution in [0.3, 0.4) is 0 Å². The molecular weight excluding hydrogens is 222 g/mol. The summed E-state index contributed by atoms with van der Waals surface area (Å²) in [6, 6.07) is 12.3. The molecule has 94 valence electrons. The van der Waals surface area contributed by atoms with Gasteiger partial charge < -0.3 is 5.32 Å². The van der Waals surface area contributed by atoms with Crippen LogP contribution in [0.25, 0.3) is 0 Å². The molecule has 1 aromatic carbocycles. The van der Waals surface area contributed by atoms with Crippen LogP contribution in [-0.4, -0.2) is 9.97 Å². The Morgan fingerprint density at radius 3 is 2.50 bits per heavy atom. The third-order valence-corrected chi connectivity index (χ3v) is 2.76. The second-order valence-corrected chi connectivity index (χ2v) is 4.75. The van der Waals surface area contributed by atoms with Crippen LogP contribution in [0.4, 0.5) is 5.95 Å². The van der Waals surface area contributed by atoms with Gasteiger partial charge in [-0.3, -0.25) is 0 Å². The summed E-state index contributed by atoms with van der Waals surface area (Å²) >= 11 is 0. The Morgan fingerprint density at radius 2 is 1.83 bits per heavy atom. The molecule has 0 saturated carbocycles. The van der Waals surface area contributed by atoms with Crippen LogP contribution in [0.1, 0.15) is 36.7 Å². The zero-order chi connectivity index (χ0) is 13.0. The Morgan fingerprint density at radius 1 is 1.11 bits per heavy atom. The van der Waals surface area contributed by atoms with Crippen molar-refractivity contribution < 1.29 is 0 Å². The van der Waals surface area contributed by atoms with E-state index in [1.807, 2.05) is 31.2 Å². The Kier molecular flexibility index (Phi) is 3.92. The van der Waals surface area contributed by atoms with Crippen molar-refractivity contribution in [3.05, 3.63) is 53.3 Å². The second kappa shape index (κ2) is 5.63. The van der Waals surface area contributed by atoms with Gasteiger partial charge in [0.15, 0.2) is 0 Å². The van der Waals surface area contributed by atoms with Crippen molar-refractivity contribution in [2.75, 3.05) is 5.32 Å². The SMILES string of the molecule is Cc1cc(C(C)C)nc(NCc2ccccc2)n1. The van der Waals surface area contributed by atoms with Crippen LogP contribution in [0.15, 0.2) is 36.4 Å². The van der Waals surface area contributed by atoms with E-state index in [1.165, 1.54) is 5.56 Å². The molecule has 0 spiro atoms. The summed E-state index contributed by atoms with van der Waals surface area (Å²) in [4.78, 5) is 8.94. The smallest absolute Gasteiger partial charge is 0.223 e. The van der Waals surface area contributed by atoms with Gasteiger partial charge in [0.25, 0.3) is 0 Å². The number of rotatable bonds is 4. The Bertz CT molecular complexity index is 506. The molecule has 3 heteroatoms. The quantitative estimate of drug-likeness (QED) is 0.890. The van der Waals surface area contributed by atoms with E-state index in [0.717, 1.165) is 17.9 Å². The molecule has 0 bridgehead atoms. The third kappa shape index (κ3) is 3.29. The normalized spacial score (nSPS) is 10.7. The molecular formula is C15H19N3. The number of aryl methyl sites for hydroxylation is 1. The van der Waals surface area contributed by atoms with E-state index in [4.69, 9.17) is 0 Å². The first-order valence-corrected chi connectivity index (χ1v) is 6.28. The van der Waals surface area contributed by atoms with Crippen molar-refractivity contribution in [2.24, 2.45) is 0 Å². The minimum atomic E-state index is 0.420. The van der Waals surface area contributed by atoms with E-state index >= 15 is 0 Å². The largest absolute Gasteiger partial charge is 0.350 e. The summed E-state index contributed by atoms with van der Waals surface area (Å²) in [6.45, 7) is 7.04. The monoisotopic (exact) mass is 241 g/mol. The van der Waals surface area contributed by atoms with E-state index in [0.29, 0.717) is 11.9 Å². The van der Waals surface area contributed by atoms with Crippen molar-refractivity contribution in [1.29, 1.82) is 0 Å². The lowest BCUT2D eigenvalue weighted by atomic mass is 10.1. The topological polar surface area (TPSA) is 37.8 Å². The molecule has 0 aliphatic rings. The molecule has 1 heterocycles. The van der Waals surface area contributed by atoms with Gasteiger partial charge in [-0.05, 0) is 24.5 Å². The van der Waals surface area contributed by atoms with Crippen LogP contribution >= 0.6 is 0 Å². The highest BCUT2D eigenvalue weighted by Crippen LogP contribution is 2.14. The van der Waals surface area contributed by atoms with E-state index in [9.17, 15) is 0 Å². The fraction of sp³-hybridized carbons (Fsp3) is 0.333. The lowest BCUT2D eigenvalue weighted by molar-refractivity contribution is 0.808. The van der Waals surface area contributed by atoms with Crippen LogP contribution in [0.5, 0.6) is 0 Å². The van der Waals surface area contributed by atoms with Gasteiger partial charge in [-0.1, -0.05) is 44.2 Å². The molecule has 0 amide bonds. The maximum Gasteiger partial charge on any atom is 0.223 e. The number of hydrogen-bond acceptors (Lipinski definition) is 3. The minimum Gasteiger partial charge on any atom is -0.350 e. The number of nitrogens with one attached hydrogen (secondary N) is 1. The Labute approximate surface area is 108 Å². The highest BCUT2D eigenvalue weighted by Gasteiger charge is 2.05. The third-order valence-electron chi connectivity index (χ3n) is 2.76. The van der Waals surface area contributed by atoms with Gasteiger partial charge in [0, 0.05) is 17.9 Å². The molecule has 0 aliphatic heterocycles. The fourth-order valence-corrected chi connectivity index (χ4v) is 1.74. The predicted molar refractivity (Wildman–Crippen MR) is 74.6 cm³/mol. The number of hydrogen-bond donors (Lipinski definition) is 1. The van der Waals surface area contributed by atoms with Crippen LogP contribution in [0.2, 0.25) is 0 Å². The Hall–Kier alpha value is -1.90. The molecule has 0 saturated heterocycles. The van der Waals surface area contributed by atoms with Crippen molar-refractivity contribution >= 4 is 5.95 Å². The molecule has 0 radical (unpaired) electrons. The van der Waals surface area contributed by atoms with E-state index in [-0.39, 0.29) is 0 Å². The van der Waals surface area contributed by atoms with Gasteiger partial charge in [-0.2, -0.15) is 0 Å². The summed E-state index contributed by atoms with van der Waals surface area (Å²) < 4.78 is 0. The molecule has 3 nitrogen and oxygen atoms in total. The summed E-state index contributed by atoms with van der Waals surface area (Å²) in [7, 11) is 0. The molecule has 1 N–H and O–H groups in total. The molecule has 0 fully saturated rings. The van der Waals surface area contributed by atoms with Gasteiger partial charge >= 0.3 is 0 Å². The van der Waals surface area contributed by atoms with E-state index in [1.54, 1.807) is 0 Å². The summed E-state index contributed by atoms with van der Waals surface area (Å²) in [6.07, 6.45) is 0. The summed E-state index contributed by atoms with van der Waals surface area (Å²) in [5.74, 6) is 1.13. The lowest BCUT2D eigenvalue weighted by Crippen LogP contribution is -2.06. The first-order valence-electron chi connectivity index (χ1n) is 6.28. The van der Waals surface area contributed by atoms with Crippen LogP contribution in [0, 0.1) is 6.92 Å². The standard InChI is InChI=1S/C15H19N3/c1-11(2)14-9-12(3)17-15(18-14)16-10-13-7-5-4-6-8-13/h4-9,11H,10H2,1-3H3,(H,16,17,18). The first-order chi connectivity index (χ1) is 8.65. The van der Waals surface area contributed by atoms with Crippen molar-refractivity contribution in [3.8, 4) is 0 Å². The maximum absolute atomic E-state index is 4.53. The molecule has 2 rings (SSSR count). The number of anilines is 1. The molecule has 18 heavy (non-hydrogen) atoms. The second-order valence-electron chi connectivity index (χ2n) is 4.75. The number of nitrogens with zero attached hydrogens (tertiary/aromatic N) is 2. The molecule has 0 unspecified atom stereocenters. The fourth-order valence-electron chi connectivity index (χ4n) is 1.74. The van der Waals surface area contributed by atoms with Gasteiger partial charge in [0.2, 0.25) is 5.95 Å². The maximum atomic E-state index is 4.53. The highest BCUT2D eigenvalue weighted by atomic mass is 15.1. The van der Waals surface area contributed by atoms with Crippen LogP contribution in [-0.2, 0) is 6.54 Å². The zero-order valence-corrected chi connectivity index (χ0v) is 11.1. The summed E-state index contributed by atoms with van der Waals surface area (Å²) in [5, 5.41) is 3.27. The first kappa shape index (κ1) is 12.6. The van der Waals surface area contributed by atoms with Crippen LogP contribution < -0.4 is 5.32 Å². The molecule has 1 aromatic heterocycles. The molecule has 0 atom stereocenters. The summed E-state index contributed by atoms with van der Waals surface area (Å²) in [5.41, 5.74) is 3.32. The van der Waals surface area contributed by atoms with E-state index in [2.05, 4.69) is 41.3 Å². The van der Waals surface area contributed by atoms with E-state index < -0.39 is 0 Å². The van der Waals surface area contributed by atoms with Crippen molar-refractivity contribution in [2.45, 2.75) is 33.2 Å². The van der Waals surface area contributed by atoms with Gasteiger partial charge in [0.1, 0.15) is 0 Å². The highest BCUT2D eigenvalue weighted by molar-refractivity contribution is 5.31. The van der Waals surface area contributed by atoms with Crippen molar-refractivity contribution in [3.63, 3.8) is 0 Å². The average molecular weight is 241 g/mol. The number of aromatic nitrogens is 2. The lowest BCUT2D eigenvalue weighted by Gasteiger charge is -2.10. The predicted octanol–water partition coefficient (Wildman–Crippen LogP) is 3.52. The zero-order valence-electron chi connectivity index (χ0n) is 11.1. The number of benzene rings is 1. The van der Waals surface area contributed by atoms with Gasteiger partial charge in [-0.25, -0.2) is 9.97 Å². The molecule has 0 aliphatic carbocycles.